The van der Waals surface area contributed by atoms with E-state index in [0.29, 0.717) is 6.04 Å². The molecule has 4 heteroatoms. The van der Waals surface area contributed by atoms with E-state index < -0.39 is 0 Å². The van der Waals surface area contributed by atoms with Crippen LogP contribution in [0.25, 0.3) is 0 Å². The Bertz CT molecular complexity index is 499. The molecule has 1 N–H and O–H groups in total. The van der Waals surface area contributed by atoms with E-state index in [9.17, 15) is 4.79 Å². The second kappa shape index (κ2) is 5.83. The topological polar surface area (TPSA) is 41.6 Å². The first-order valence-corrected chi connectivity index (χ1v) is 7.56. The Morgan fingerprint density at radius 1 is 1.50 bits per heavy atom. The molecule has 2 heterocycles. The molecule has 1 atom stereocenters. The summed E-state index contributed by atoms with van der Waals surface area (Å²) < 4.78 is 5.49. The van der Waals surface area contributed by atoms with Crippen molar-refractivity contribution in [3.63, 3.8) is 0 Å². The molecule has 0 aromatic heterocycles. The van der Waals surface area contributed by atoms with Crippen LogP contribution < -0.4 is 10.1 Å². The molecule has 0 aliphatic carbocycles. The van der Waals surface area contributed by atoms with Crippen molar-refractivity contribution in [2.75, 3.05) is 26.2 Å². The van der Waals surface area contributed by atoms with Crippen molar-refractivity contribution in [3.05, 3.63) is 29.3 Å². The van der Waals surface area contributed by atoms with Gasteiger partial charge in [-0.3, -0.25) is 4.79 Å². The summed E-state index contributed by atoms with van der Waals surface area (Å²) >= 11 is 0. The predicted octanol–water partition coefficient (Wildman–Crippen LogP) is 1.84. The molecule has 0 spiro atoms. The number of hydrogen-bond donors (Lipinski definition) is 1. The molecule has 1 saturated heterocycles. The van der Waals surface area contributed by atoms with Crippen molar-refractivity contribution in [3.8, 4) is 5.75 Å². The average molecular weight is 274 g/mol. The summed E-state index contributed by atoms with van der Waals surface area (Å²) in [7, 11) is 0. The lowest BCUT2D eigenvalue weighted by Crippen LogP contribution is -2.47. The van der Waals surface area contributed by atoms with Crippen LogP contribution in [0.4, 0.5) is 0 Å². The minimum absolute atomic E-state index is 0.155. The lowest BCUT2D eigenvalue weighted by molar-refractivity contribution is 0.0695. The van der Waals surface area contributed by atoms with Crippen LogP contribution in [0.5, 0.6) is 5.75 Å². The van der Waals surface area contributed by atoms with Gasteiger partial charge >= 0.3 is 0 Å². The van der Waals surface area contributed by atoms with Gasteiger partial charge in [0.05, 0.1) is 6.61 Å². The molecule has 0 saturated carbocycles. The number of carbonyl (C=O) groups excluding carboxylic acids is 1. The van der Waals surface area contributed by atoms with Gasteiger partial charge < -0.3 is 15.0 Å². The molecule has 108 valence electrons. The number of fused-ring (bicyclic) bond motifs is 1. The van der Waals surface area contributed by atoms with Gasteiger partial charge in [0.2, 0.25) is 0 Å². The number of amides is 1. The Kier molecular flexibility index (Phi) is 3.92. The summed E-state index contributed by atoms with van der Waals surface area (Å²) in [6.45, 7) is 5.50. The number of nitrogens with zero attached hydrogens (tertiary/aromatic N) is 1. The highest BCUT2D eigenvalue weighted by Gasteiger charge is 2.25. The van der Waals surface area contributed by atoms with Gasteiger partial charge in [-0.15, -0.1) is 0 Å². The maximum Gasteiger partial charge on any atom is 0.253 e. The minimum Gasteiger partial charge on any atom is -0.493 e. The fourth-order valence-corrected chi connectivity index (χ4v) is 3.12. The van der Waals surface area contributed by atoms with E-state index in [1.54, 1.807) is 0 Å². The highest BCUT2D eigenvalue weighted by atomic mass is 16.5. The summed E-state index contributed by atoms with van der Waals surface area (Å²) in [5, 5.41) is 3.45. The highest BCUT2D eigenvalue weighted by molar-refractivity contribution is 5.94. The molecule has 1 aromatic rings. The summed E-state index contributed by atoms with van der Waals surface area (Å²) in [5.74, 6) is 1.09. The number of rotatable bonds is 3. The largest absolute Gasteiger partial charge is 0.493 e. The third kappa shape index (κ3) is 2.66. The van der Waals surface area contributed by atoms with Gasteiger partial charge in [0.1, 0.15) is 5.75 Å². The fourth-order valence-electron chi connectivity index (χ4n) is 3.12. The minimum atomic E-state index is 0.155. The standard InChI is InChI=1S/C16H22N2O2/c1-2-17-14-4-3-8-18(11-14)16(19)13-5-6-15-12(10-13)7-9-20-15/h5-6,10,14,17H,2-4,7-9,11H2,1H3. The number of likely N-dealkylation sites (tertiary alicyclic amines) is 1. The Labute approximate surface area is 120 Å². The van der Waals surface area contributed by atoms with Crippen LogP contribution in [0, 0.1) is 0 Å². The van der Waals surface area contributed by atoms with Crippen LogP contribution in [0.1, 0.15) is 35.7 Å². The quantitative estimate of drug-likeness (QED) is 0.914. The molecule has 0 bridgehead atoms. The number of benzene rings is 1. The molecular formula is C16H22N2O2. The maximum atomic E-state index is 12.6. The first-order chi connectivity index (χ1) is 9.78. The van der Waals surface area contributed by atoms with E-state index in [1.807, 2.05) is 23.1 Å². The van der Waals surface area contributed by atoms with Crippen LogP contribution in [-0.2, 0) is 6.42 Å². The normalized spacial score (nSPS) is 21.4. The molecule has 0 radical (unpaired) electrons. The number of likely N-dealkylation sites (N-methyl/N-ethyl adjacent to an activating group) is 1. The molecule has 1 aromatic carbocycles. The zero-order valence-corrected chi connectivity index (χ0v) is 12.0. The van der Waals surface area contributed by atoms with E-state index in [1.165, 1.54) is 0 Å². The Morgan fingerprint density at radius 3 is 3.25 bits per heavy atom. The third-order valence-electron chi connectivity index (χ3n) is 4.14. The van der Waals surface area contributed by atoms with Crippen LogP contribution in [0.3, 0.4) is 0 Å². The lowest BCUT2D eigenvalue weighted by atomic mass is 10.0. The Balaban J connectivity index is 1.72. The Hall–Kier alpha value is -1.55. The first-order valence-electron chi connectivity index (χ1n) is 7.56. The average Bonchev–Trinajstić information content (AvgIpc) is 2.94. The van der Waals surface area contributed by atoms with Crippen molar-refractivity contribution in [1.82, 2.24) is 10.2 Å². The maximum absolute atomic E-state index is 12.6. The molecule has 2 aliphatic rings. The number of ether oxygens (including phenoxy) is 1. The summed E-state index contributed by atoms with van der Waals surface area (Å²) in [6, 6.07) is 6.27. The molecular weight excluding hydrogens is 252 g/mol. The van der Waals surface area contributed by atoms with Gasteiger partial charge in [-0.05, 0) is 43.1 Å². The van der Waals surface area contributed by atoms with Crippen LogP contribution >= 0.6 is 0 Å². The van der Waals surface area contributed by atoms with E-state index in [-0.39, 0.29) is 5.91 Å². The van der Waals surface area contributed by atoms with Crippen LogP contribution in [-0.4, -0.2) is 43.1 Å². The van der Waals surface area contributed by atoms with Crippen molar-refractivity contribution in [2.24, 2.45) is 0 Å². The number of carbonyl (C=O) groups is 1. The summed E-state index contributed by atoms with van der Waals surface area (Å²) in [5.41, 5.74) is 1.96. The van der Waals surface area contributed by atoms with Gasteiger partial charge in [0.15, 0.2) is 0 Å². The molecule has 3 rings (SSSR count). The number of hydrogen-bond acceptors (Lipinski definition) is 3. The Morgan fingerprint density at radius 2 is 2.40 bits per heavy atom. The monoisotopic (exact) mass is 274 g/mol. The van der Waals surface area contributed by atoms with Crippen molar-refractivity contribution in [2.45, 2.75) is 32.2 Å². The van der Waals surface area contributed by atoms with Crippen LogP contribution in [0.2, 0.25) is 0 Å². The van der Waals surface area contributed by atoms with Crippen molar-refractivity contribution < 1.29 is 9.53 Å². The molecule has 2 aliphatic heterocycles. The zero-order valence-electron chi connectivity index (χ0n) is 12.0. The smallest absolute Gasteiger partial charge is 0.253 e. The number of piperidine rings is 1. The lowest BCUT2D eigenvalue weighted by Gasteiger charge is -2.33. The molecule has 4 nitrogen and oxygen atoms in total. The summed E-state index contributed by atoms with van der Waals surface area (Å²) in [6.07, 6.45) is 3.16. The molecule has 1 amide bonds. The second-order valence-corrected chi connectivity index (χ2v) is 5.57. The second-order valence-electron chi connectivity index (χ2n) is 5.57. The van der Waals surface area contributed by atoms with E-state index in [0.717, 1.165) is 62.4 Å². The van der Waals surface area contributed by atoms with Gasteiger partial charge in [-0.1, -0.05) is 6.92 Å². The molecule has 1 unspecified atom stereocenters. The summed E-state index contributed by atoms with van der Waals surface area (Å²) in [4.78, 5) is 14.6. The highest BCUT2D eigenvalue weighted by Crippen LogP contribution is 2.26. The van der Waals surface area contributed by atoms with E-state index >= 15 is 0 Å². The first kappa shape index (κ1) is 13.4. The molecule has 20 heavy (non-hydrogen) atoms. The van der Waals surface area contributed by atoms with Crippen molar-refractivity contribution in [1.29, 1.82) is 0 Å². The van der Waals surface area contributed by atoms with Crippen molar-refractivity contribution >= 4 is 5.91 Å². The van der Waals surface area contributed by atoms with Gasteiger partial charge in [-0.25, -0.2) is 0 Å². The van der Waals surface area contributed by atoms with Gasteiger partial charge in [-0.2, -0.15) is 0 Å². The number of nitrogens with one attached hydrogen (secondary N) is 1. The third-order valence-corrected chi connectivity index (χ3v) is 4.14. The van der Waals surface area contributed by atoms with Crippen LogP contribution in [0.15, 0.2) is 18.2 Å². The van der Waals surface area contributed by atoms with E-state index in [2.05, 4.69) is 12.2 Å². The fraction of sp³-hybridized carbons (Fsp3) is 0.562. The zero-order chi connectivity index (χ0) is 13.9. The SMILES string of the molecule is CCNC1CCCN(C(=O)c2ccc3c(c2)CCO3)C1. The predicted molar refractivity (Wildman–Crippen MR) is 78.2 cm³/mol. The molecule has 1 fully saturated rings. The van der Waals surface area contributed by atoms with Gasteiger partial charge in [0, 0.05) is 31.1 Å². The van der Waals surface area contributed by atoms with Gasteiger partial charge in [0.25, 0.3) is 5.91 Å². The van der Waals surface area contributed by atoms with E-state index in [4.69, 9.17) is 4.74 Å².